The van der Waals surface area contributed by atoms with Crippen LogP contribution in [0.1, 0.15) is 30.4 Å². The van der Waals surface area contributed by atoms with Crippen molar-refractivity contribution in [1.29, 1.82) is 0 Å². The Morgan fingerprint density at radius 2 is 1.96 bits per heavy atom. The van der Waals surface area contributed by atoms with E-state index in [4.69, 9.17) is 4.74 Å². The van der Waals surface area contributed by atoms with Crippen molar-refractivity contribution in [2.24, 2.45) is 0 Å². The molecule has 1 aliphatic rings. The van der Waals surface area contributed by atoms with Crippen molar-refractivity contribution < 1.29 is 14.6 Å². The molecule has 0 atom stereocenters. The summed E-state index contributed by atoms with van der Waals surface area (Å²) in [6, 6.07) is 15.2. The highest BCUT2D eigenvalue weighted by Gasteiger charge is 2.34. The zero-order valence-electron chi connectivity index (χ0n) is 14.4. The average Bonchev–Trinajstić information content (AvgIpc) is 2.59. The van der Waals surface area contributed by atoms with E-state index < -0.39 is 5.60 Å². The summed E-state index contributed by atoms with van der Waals surface area (Å²) in [4.78, 5) is 12.0. The second-order valence-electron chi connectivity index (χ2n) is 6.64. The van der Waals surface area contributed by atoms with Crippen LogP contribution >= 0.6 is 0 Å². The van der Waals surface area contributed by atoms with Crippen LogP contribution in [0.5, 0.6) is 5.75 Å². The van der Waals surface area contributed by atoms with Crippen LogP contribution in [-0.4, -0.2) is 23.3 Å². The van der Waals surface area contributed by atoms with Gasteiger partial charge in [-0.2, -0.15) is 0 Å². The lowest BCUT2D eigenvalue weighted by molar-refractivity contribution is -0.0287. The van der Waals surface area contributed by atoms with E-state index in [1.54, 1.807) is 0 Å². The van der Waals surface area contributed by atoms with Gasteiger partial charge in [0.15, 0.2) is 0 Å². The molecule has 0 aromatic heterocycles. The number of ether oxygens (including phenoxy) is 1. The van der Waals surface area contributed by atoms with Gasteiger partial charge in [0.2, 0.25) is 0 Å². The normalized spacial score (nSPS) is 15.1. The fraction of sp³-hybridized carbons (Fsp3) is 0.350. The molecule has 1 fully saturated rings. The minimum absolute atomic E-state index is 0.288. The maximum atomic E-state index is 12.0. The molecule has 2 aromatic carbocycles. The van der Waals surface area contributed by atoms with Gasteiger partial charge >= 0.3 is 6.03 Å². The Balaban J connectivity index is 1.51. The van der Waals surface area contributed by atoms with Crippen LogP contribution in [0.2, 0.25) is 0 Å². The molecule has 0 bridgehead atoms. The van der Waals surface area contributed by atoms with E-state index in [0.29, 0.717) is 6.61 Å². The van der Waals surface area contributed by atoms with Crippen LogP contribution in [-0.2, 0) is 6.61 Å². The van der Waals surface area contributed by atoms with Crippen LogP contribution in [0.25, 0.3) is 0 Å². The second kappa shape index (κ2) is 7.57. The van der Waals surface area contributed by atoms with Gasteiger partial charge in [0.1, 0.15) is 12.4 Å². The molecule has 3 rings (SSSR count). The molecule has 25 heavy (non-hydrogen) atoms. The van der Waals surface area contributed by atoms with Crippen molar-refractivity contribution in [2.75, 3.05) is 11.9 Å². The molecule has 0 spiro atoms. The molecular weight excluding hydrogens is 316 g/mol. The number of hydrogen-bond donors (Lipinski definition) is 3. The van der Waals surface area contributed by atoms with Crippen molar-refractivity contribution in [1.82, 2.24) is 5.32 Å². The molecular formula is C20H24N2O3. The number of aryl methyl sites for hydroxylation is 1. The van der Waals surface area contributed by atoms with Gasteiger partial charge < -0.3 is 20.5 Å². The van der Waals surface area contributed by atoms with Gasteiger partial charge in [-0.3, -0.25) is 0 Å². The minimum atomic E-state index is -0.721. The van der Waals surface area contributed by atoms with Crippen LogP contribution in [0.15, 0.2) is 48.5 Å². The first kappa shape index (κ1) is 17.3. The summed E-state index contributed by atoms with van der Waals surface area (Å²) in [7, 11) is 0. The van der Waals surface area contributed by atoms with Crippen molar-refractivity contribution in [3.05, 3.63) is 59.7 Å². The summed E-state index contributed by atoms with van der Waals surface area (Å²) in [5.74, 6) is 0.760. The molecule has 0 heterocycles. The summed E-state index contributed by atoms with van der Waals surface area (Å²) in [5, 5.41) is 15.6. The predicted octanol–water partition coefficient (Wildman–Crippen LogP) is 3.61. The van der Waals surface area contributed by atoms with Gasteiger partial charge in [0, 0.05) is 12.2 Å². The van der Waals surface area contributed by atoms with Gasteiger partial charge in [-0.25, -0.2) is 4.79 Å². The number of amides is 2. The lowest BCUT2D eigenvalue weighted by Crippen LogP contribution is -2.48. The monoisotopic (exact) mass is 340 g/mol. The third-order valence-electron chi connectivity index (χ3n) is 4.56. The highest BCUT2D eigenvalue weighted by molar-refractivity contribution is 5.90. The maximum Gasteiger partial charge on any atom is 0.319 e. The molecule has 0 radical (unpaired) electrons. The van der Waals surface area contributed by atoms with E-state index in [0.717, 1.165) is 41.8 Å². The lowest BCUT2D eigenvalue weighted by Gasteiger charge is -2.36. The molecule has 5 heteroatoms. The number of rotatable bonds is 6. The van der Waals surface area contributed by atoms with Crippen LogP contribution in [0.3, 0.4) is 0 Å². The molecule has 3 N–H and O–H groups in total. The molecule has 0 unspecified atom stereocenters. The fourth-order valence-electron chi connectivity index (χ4n) is 2.78. The topological polar surface area (TPSA) is 70.6 Å². The highest BCUT2D eigenvalue weighted by Crippen LogP contribution is 2.30. The fourth-order valence-corrected chi connectivity index (χ4v) is 2.78. The SMILES string of the molecule is Cc1cc(OCc2ccccc2)ccc1NC(=O)NCC1(O)CCC1. The van der Waals surface area contributed by atoms with E-state index in [9.17, 15) is 9.90 Å². The van der Waals surface area contributed by atoms with Crippen LogP contribution in [0.4, 0.5) is 10.5 Å². The Labute approximate surface area is 148 Å². The molecule has 1 aliphatic carbocycles. The van der Waals surface area contributed by atoms with Gasteiger partial charge in [-0.05, 0) is 55.5 Å². The first-order chi connectivity index (χ1) is 12.0. The molecule has 0 saturated heterocycles. The number of urea groups is 1. The Morgan fingerprint density at radius 3 is 2.60 bits per heavy atom. The maximum absolute atomic E-state index is 12.0. The Hall–Kier alpha value is -2.53. The minimum Gasteiger partial charge on any atom is -0.489 e. The number of aliphatic hydroxyl groups is 1. The smallest absolute Gasteiger partial charge is 0.319 e. The molecule has 1 saturated carbocycles. The zero-order chi connectivity index (χ0) is 17.7. The standard InChI is InChI=1S/C20H24N2O3/c1-15-12-17(25-13-16-6-3-2-4-7-16)8-9-18(15)22-19(23)21-14-20(24)10-5-11-20/h2-4,6-9,12,24H,5,10-11,13-14H2,1H3,(H2,21,22,23). The number of benzene rings is 2. The van der Waals surface area contributed by atoms with Gasteiger partial charge in [-0.15, -0.1) is 0 Å². The summed E-state index contributed by atoms with van der Waals surface area (Å²) in [5.41, 5.74) is 2.03. The van der Waals surface area contributed by atoms with E-state index in [1.807, 2.05) is 55.5 Å². The number of hydrogen-bond acceptors (Lipinski definition) is 3. The summed E-state index contributed by atoms with van der Waals surface area (Å²) in [6.07, 6.45) is 2.52. The van der Waals surface area contributed by atoms with Crippen molar-refractivity contribution in [3.63, 3.8) is 0 Å². The first-order valence-corrected chi connectivity index (χ1v) is 8.59. The highest BCUT2D eigenvalue weighted by atomic mass is 16.5. The third-order valence-corrected chi connectivity index (χ3v) is 4.56. The van der Waals surface area contributed by atoms with Gasteiger partial charge in [0.05, 0.1) is 5.60 Å². The Morgan fingerprint density at radius 1 is 1.20 bits per heavy atom. The molecule has 2 aromatic rings. The second-order valence-corrected chi connectivity index (χ2v) is 6.64. The number of carbonyl (C=O) groups is 1. The lowest BCUT2D eigenvalue weighted by atomic mass is 9.80. The zero-order valence-corrected chi connectivity index (χ0v) is 14.4. The number of anilines is 1. The Bertz CT molecular complexity index is 727. The van der Waals surface area contributed by atoms with E-state index in [2.05, 4.69) is 10.6 Å². The van der Waals surface area contributed by atoms with Crippen molar-refractivity contribution in [2.45, 2.75) is 38.4 Å². The van der Waals surface area contributed by atoms with Crippen molar-refractivity contribution in [3.8, 4) is 5.75 Å². The van der Waals surface area contributed by atoms with Gasteiger partial charge in [-0.1, -0.05) is 30.3 Å². The Kier molecular flexibility index (Phi) is 5.24. The van der Waals surface area contributed by atoms with E-state index >= 15 is 0 Å². The summed E-state index contributed by atoms with van der Waals surface area (Å²) >= 11 is 0. The van der Waals surface area contributed by atoms with Gasteiger partial charge in [0.25, 0.3) is 0 Å². The average molecular weight is 340 g/mol. The summed E-state index contributed by atoms with van der Waals surface area (Å²) < 4.78 is 5.79. The molecule has 0 aliphatic heterocycles. The largest absolute Gasteiger partial charge is 0.489 e. The molecule has 5 nitrogen and oxygen atoms in total. The predicted molar refractivity (Wildman–Crippen MR) is 97.8 cm³/mol. The van der Waals surface area contributed by atoms with Crippen LogP contribution < -0.4 is 15.4 Å². The van der Waals surface area contributed by atoms with E-state index in [-0.39, 0.29) is 12.6 Å². The number of carbonyl (C=O) groups excluding carboxylic acids is 1. The summed E-state index contributed by atoms with van der Waals surface area (Å²) in [6.45, 7) is 2.72. The number of nitrogens with one attached hydrogen (secondary N) is 2. The third kappa shape index (κ3) is 4.73. The first-order valence-electron chi connectivity index (χ1n) is 8.59. The van der Waals surface area contributed by atoms with E-state index in [1.165, 1.54) is 0 Å². The molecule has 132 valence electrons. The molecule has 2 amide bonds. The quantitative estimate of drug-likeness (QED) is 0.752. The van der Waals surface area contributed by atoms with Crippen molar-refractivity contribution >= 4 is 11.7 Å². The van der Waals surface area contributed by atoms with Crippen LogP contribution in [0, 0.1) is 6.92 Å².